The van der Waals surface area contributed by atoms with Crippen molar-refractivity contribution in [1.29, 1.82) is 0 Å². The summed E-state index contributed by atoms with van der Waals surface area (Å²) in [7, 11) is 0. The summed E-state index contributed by atoms with van der Waals surface area (Å²) in [6.07, 6.45) is 1.33. The lowest BCUT2D eigenvalue weighted by Crippen LogP contribution is -2.11. The maximum Gasteiger partial charge on any atom is 0.272 e. The second-order valence-corrected chi connectivity index (χ2v) is 4.59. The Kier molecular flexibility index (Phi) is 4.89. The third kappa shape index (κ3) is 3.57. The van der Waals surface area contributed by atoms with Crippen LogP contribution in [-0.4, -0.2) is 16.1 Å². The lowest BCUT2D eigenvalue weighted by Gasteiger charge is -2.09. The van der Waals surface area contributed by atoms with Crippen molar-refractivity contribution in [2.45, 2.75) is 32.3 Å². The standard InChI is InChI=1S/C11H14BrNO3/c1-2-3-10(14)7-8-6-9(12)4-5-11(8)13(15)16/h4-6,10,14H,2-3,7H2,1H3. The Labute approximate surface area is 103 Å². The summed E-state index contributed by atoms with van der Waals surface area (Å²) in [5.74, 6) is 0. The molecule has 1 rings (SSSR count). The van der Waals surface area contributed by atoms with Crippen LogP contribution in [0.25, 0.3) is 0 Å². The molecular formula is C11H14BrNO3. The summed E-state index contributed by atoms with van der Waals surface area (Å²) in [4.78, 5) is 10.4. The zero-order valence-corrected chi connectivity index (χ0v) is 10.6. The van der Waals surface area contributed by atoms with E-state index in [-0.39, 0.29) is 5.69 Å². The second-order valence-electron chi connectivity index (χ2n) is 3.68. The third-order valence-corrected chi connectivity index (χ3v) is 2.81. The highest BCUT2D eigenvalue weighted by Crippen LogP contribution is 2.24. The minimum Gasteiger partial charge on any atom is -0.393 e. The summed E-state index contributed by atoms with van der Waals surface area (Å²) in [6.45, 7) is 1.97. The molecule has 0 aliphatic heterocycles. The lowest BCUT2D eigenvalue weighted by molar-refractivity contribution is -0.385. The van der Waals surface area contributed by atoms with Gasteiger partial charge in [0.05, 0.1) is 11.0 Å². The van der Waals surface area contributed by atoms with Crippen molar-refractivity contribution in [1.82, 2.24) is 0 Å². The fourth-order valence-corrected chi connectivity index (χ4v) is 1.99. The first-order chi connectivity index (χ1) is 7.54. The van der Waals surface area contributed by atoms with Crippen LogP contribution in [0.1, 0.15) is 25.3 Å². The molecule has 1 aromatic carbocycles. The van der Waals surface area contributed by atoms with Crippen LogP contribution >= 0.6 is 15.9 Å². The number of halogens is 1. The van der Waals surface area contributed by atoms with Crippen molar-refractivity contribution in [3.8, 4) is 0 Å². The van der Waals surface area contributed by atoms with Gasteiger partial charge in [-0.3, -0.25) is 10.1 Å². The molecule has 0 saturated heterocycles. The molecule has 5 heteroatoms. The van der Waals surface area contributed by atoms with Crippen molar-refractivity contribution in [2.24, 2.45) is 0 Å². The van der Waals surface area contributed by atoms with Gasteiger partial charge in [-0.1, -0.05) is 29.3 Å². The van der Waals surface area contributed by atoms with Crippen LogP contribution in [0.5, 0.6) is 0 Å². The zero-order valence-electron chi connectivity index (χ0n) is 9.02. The van der Waals surface area contributed by atoms with Crippen molar-refractivity contribution < 1.29 is 10.0 Å². The molecule has 4 nitrogen and oxygen atoms in total. The first-order valence-corrected chi connectivity index (χ1v) is 5.94. The Morgan fingerprint density at radius 3 is 2.81 bits per heavy atom. The van der Waals surface area contributed by atoms with Gasteiger partial charge in [0.2, 0.25) is 0 Å². The van der Waals surface area contributed by atoms with Gasteiger partial charge in [0.15, 0.2) is 0 Å². The maximum atomic E-state index is 10.8. The molecule has 88 valence electrons. The van der Waals surface area contributed by atoms with E-state index < -0.39 is 11.0 Å². The predicted molar refractivity (Wildman–Crippen MR) is 65.4 cm³/mol. The largest absolute Gasteiger partial charge is 0.393 e. The molecule has 1 aromatic rings. The van der Waals surface area contributed by atoms with Crippen molar-refractivity contribution in [2.75, 3.05) is 0 Å². The van der Waals surface area contributed by atoms with Gasteiger partial charge < -0.3 is 5.11 Å². The Hall–Kier alpha value is -0.940. The Morgan fingerprint density at radius 2 is 2.25 bits per heavy atom. The number of hydrogen-bond acceptors (Lipinski definition) is 3. The van der Waals surface area contributed by atoms with Gasteiger partial charge in [-0.25, -0.2) is 0 Å². The molecular weight excluding hydrogens is 274 g/mol. The van der Waals surface area contributed by atoms with E-state index in [0.717, 1.165) is 10.9 Å². The molecule has 0 heterocycles. The van der Waals surface area contributed by atoms with Gasteiger partial charge in [-0.05, 0) is 18.6 Å². The van der Waals surface area contributed by atoms with Gasteiger partial charge in [0.25, 0.3) is 5.69 Å². The molecule has 16 heavy (non-hydrogen) atoms. The molecule has 0 spiro atoms. The normalized spacial score (nSPS) is 12.4. The monoisotopic (exact) mass is 287 g/mol. The molecule has 0 aliphatic rings. The fourth-order valence-electron chi connectivity index (χ4n) is 1.58. The molecule has 1 unspecified atom stereocenters. The quantitative estimate of drug-likeness (QED) is 0.669. The van der Waals surface area contributed by atoms with E-state index in [1.807, 2.05) is 6.92 Å². The molecule has 0 radical (unpaired) electrons. The van der Waals surface area contributed by atoms with Gasteiger partial charge in [-0.2, -0.15) is 0 Å². The number of nitrogens with zero attached hydrogens (tertiary/aromatic N) is 1. The van der Waals surface area contributed by atoms with E-state index in [9.17, 15) is 15.2 Å². The number of rotatable bonds is 5. The summed E-state index contributed by atoms with van der Waals surface area (Å²) in [5.41, 5.74) is 0.638. The molecule has 0 aliphatic carbocycles. The highest BCUT2D eigenvalue weighted by molar-refractivity contribution is 9.10. The Bertz CT molecular complexity index is 381. The number of aliphatic hydroxyl groups is 1. The number of benzene rings is 1. The Morgan fingerprint density at radius 1 is 1.56 bits per heavy atom. The summed E-state index contributed by atoms with van der Waals surface area (Å²) in [6, 6.07) is 4.78. The van der Waals surface area contributed by atoms with Gasteiger partial charge >= 0.3 is 0 Å². The molecule has 1 N–H and O–H groups in total. The minimum atomic E-state index is -0.516. The SMILES string of the molecule is CCCC(O)Cc1cc(Br)ccc1[N+](=O)[O-]. The number of hydrogen-bond donors (Lipinski definition) is 1. The van der Waals surface area contributed by atoms with Crippen LogP contribution in [0.2, 0.25) is 0 Å². The van der Waals surface area contributed by atoms with E-state index in [4.69, 9.17) is 0 Å². The molecule has 1 atom stereocenters. The molecule has 0 amide bonds. The second kappa shape index (κ2) is 5.96. The molecule has 0 bridgehead atoms. The molecule has 0 fully saturated rings. The Balaban J connectivity index is 2.92. The zero-order chi connectivity index (χ0) is 12.1. The van der Waals surface area contributed by atoms with Gasteiger partial charge in [-0.15, -0.1) is 0 Å². The highest BCUT2D eigenvalue weighted by atomic mass is 79.9. The smallest absolute Gasteiger partial charge is 0.272 e. The van der Waals surface area contributed by atoms with Gasteiger partial charge in [0, 0.05) is 22.5 Å². The van der Waals surface area contributed by atoms with Crippen molar-refractivity contribution in [3.05, 3.63) is 38.3 Å². The van der Waals surface area contributed by atoms with Crippen LogP contribution in [0.4, 0.5) is 5.69 Å². The lowest BCUT2D eigenvalue weighted by atomic mass is 10.0. The predicted octanol–water partition coefficient (Wildman–Crippen LogP) is 3.06. The highest BCUT2D eigenvalue weighted by Gasteiger charge is 2.16. The minimum absolute atomic E-state index is 0.0679. The summed E-state index contributed by atoms with van der Waals surface area (Å²) >= 11 is 3.27. The van der Waals surface area contributed by atoms with Crippen molar-refractivity contribution in [3.63, 3.8) is 0 Å². The van der Waals surface area contributed by atoms with E-state index in [1.165, 1.54) is 6.07 Å². The number of aliphatic hydroxyl groups excluding tert-OH is 1. The average Bonchev–Trinajstić information content (AvgIpc) is 2.17. The first-order valence-electron chi connectivity index (χ1n) is 5.15. The topological polar surface area (TPSA) is 63.4 Å². The molecule has 0 aromatic heterocycles. The maximum absolute atomic E-state index is 10.8. The van der Waals surface area contributed by atoms with Crippen molar-refractivity contribution >= 4 is 21.6 Å². The van der Waals surface area contributed by atoms with Crippen LogP contribution in [0, 0.1) is 10.1 Å². The van der Waals surface area contributed by atoms with Gasteiger partial charge in [0.1, 0.15) is 0 Å². The van der Waals surface area contributed by atoms with E-state index >= 15 is 0 Å². The fraction of sp³-hybridized carbons (Fsp3) is 0.455. The summed E-state index contributed by atoms with van der Waals surface area (Å²) in [5, 5.41) is 20.4. The summed E-state index contributed by atoms with van der Waals surface area (Å²) < 4.78 is 0.789. The first kappa shape index (κ1) is 13.1. The number of nitro groups is 1. The third-order valence-electron chi connectivity index (χ3n) is 2.32. The van der Waals surface area contributed by atoms with Crippen LogP contribution < -0.4 is 0 Å². The number of nitro benzene ring substituents is 1. The van der Waals surface area contributed by atoms with Crippen LogP contribution in [-0.2, 0) is 6.42 Å². The average molecular weight is 288 g/mol. The van der Waals surface area contributed by atoms with E-state index in [2.05, 4.69) is 15.9 Å². The molecule has 0 saturated carbocycles. The van der Waals surface area contributed by atoms with E-state index in [1.54, 1.807) is 12.1 Å². The van der Waals surface area contributed by atoms with Crippen LogP contribution in [0.3, 0.4) is 0 Å². The van der Waals surface area contributed by atoms with Crippen LogP contribution in [0.15, 0.2) is 22.7 Å². The van der Waals surface area contributed by atoms with E-state index in [0.29, 0.717) is 18.4 Å².